The summed E-state index contributed by atoms with van der Waals surface area (Å²) in [4.78, 5) is 26.2. The number of carbonyl (C=O) groups is 1. The van der Waals surface area contributed by atoms with Gasteiger partial charge in [-0.15, -0.1) is 11.3 Å². The van der Waals surface area contributed by atoms with E-state index >= 15 is 0 Å². The van der Waals surface area contributed by atoms with Crippen LogP contribution in [-0.4, -0.2) is 31.1 Å². The van der Waals surface area contributed by atoms with E-state index in [1.807, 2.05) is 25.3 Å². The van der Waals surface area contributed by atoms with Gasteiger partial charge in [0.25, 0.3) is 0 Å². The van der Waals surface area contributed by atoms with E-state index in [1.54, 1.807) is 24.4 Å². The number of aryl methyl sites for hydroxylation is 2. The average molecular weight is 499 g/mol. The molecule has 0 unspecified atom stereocenters. The third kappa shape index (κ3) is 4.27. The maximum absolute atomic E-state index is 11.7. The molecule has 1 saturated carbocycles. The number of hydrogen-bond acceptors (Lipinski definition) is 7. The Hall–Kier alpha value is -3.62. The fraction of sp³-hybridized carbons (Fsp3) is 0.286. The second kappa shape index (κ2) is 8.80. The van der Waals surface area contributed by atoms with Gasteiger partial charge in [-0.3, -0.25) is 0 Å². The predicted molar refractivity (Wildman–Crippen MR) is 139 cm³/mol. The first-order valence-corrected chi connectivity index (χ1v) is 13.0. The first-order valence-electron chi connectivity index (χ1n) is 12.2. The zero-order valence-corrected chi connectivity index (χ0v) is 20.7. The average Bonchev–Trinajstić information content (AvgIpc) is 3.59. The minimum Gasteiger partial charge on any atom is -0.478 e. The quantitative estimate of drug-likeness (QED) is 0.308. The highest BCUT2D eigenvalue weighted by atomic mass is 32.1. The summed E-state index contributed by atoms with van der Waals surface area (Å²) in [6.45, 7) is 2.03. The smallest absolute Gasteiger partial charge is 0.335 e. The van der Waals surface area contributed by atoms with Crippen LogP contribution in [0.4, 0.5) is 11.6 Å². The Bertz CT molecular complexity index is 1480. The fourth-order valence-electron chi connectivity index (χ4n) is 4.99. The van der Waals surface area contributed by atoms with E-state index in [9.17, 15) is 15.0 Å². The molecular formula is C28H26N4O3S. The molecule has 3 aromatic heterocycles. The maximum Gasteiger partial charge on any atom is 0.335 e. The van der Waals surface area contributed by atoms with Crippen molar-refractivity contribution >= 4 is 28.9 Å². The molecule has 1 atom stereocenters. The van der Waals surface area contributed by atoms with Gasteiger partial charge in [0.1, 0.15) is 22.2 Å². The van der Waals surface area contributed by atoms with Crippen molar-refractivity contribution in [1.82, 2.24) is 15.0 Å². The van der Waals surface area contributed by atoms with E-state index in [1.165, 1.54) is 29.7 Å². The molecule has 1 aromatic carbocycles. The second-order valence-corrected chi connectivity index (χ2v) is 10.7. The van der Waals surface area contributed by atoms with Gasteiger partial charge in [0, 0.05) is 12.4 Å². The van der Waals surface area contributed by atoms with E-state index in [4.69, 9.17) is 4.98 Å². The van der Waals surface area contributed by atoms with Crippen LogP contribution in [-0.2, 0) is 12.0 Å². The number of nitrogens with zero attached hydrogens (tertiary/aromatic N) is 3. The first-order chi connectivity index (χ1) is 17.4. The van der Waals surface area contributed by atoms with E-state index in [-0.39, 0.29) is 5.56 Å². The molecule has 6 rings (SSSR count). The van der Waals surface area contributed by atoms with Crippen molar-refractivity contribution < 1.29 is 15.0 Å². The molecule has 3 heterocycles. The van der Waals surface area contributed by atoms with Gasteiger partial charge in [-0.05, 0) is 104 Å². The molecular weight excluding hydrogens is 472 g/mol. The van der Waals surface area contributed by atoms with Crippen LogP contribution in [0.1, 0.15) is 69.2 Å². The monoisotopic (exact) mass is 498 g/mol. The summed E-state index contributed by atoms with van der Waals surface area (Å²) in [6.07, 6.45) is 8.10. The number of pyridine rings is 2. The van der Waals surface area contributed by atoms with Crippen molar-refractivity contribution in [2.45, 2.75) is 50.5 Å². The van der Waals surface area contributed by atoms with Crippen LogP contribution < -0.4 is 5.32 Å². The van der Waals surface area contributed by atoms with Crippen molar-refractivity contribution in [2.75, 3.05) is 5.32 Å². The Kier molecular flexibility index (Phi) is 5.58. The molecule has 36 heavy (non-hydrogen) atoms. The lowest BCUT2D eigenvalue weighted by Crippen LogP contribution is -2.32. The summed E-state index contributed by atoms with van der Waals surface area (Å²) >= 11 is 1.42. The Morgan fingerprint density at radius 2 is 1.97 bits per heavy atom. The molecule has 0 spiro atoms. The van der Waals surface area contributed by atoms with Crippen LogP contribution in [0.15, 0.2) is 54.9 Å². The predicted octanol–water partition coefficient (Wildman–Crippen LogP) is 5.80. The number of carboxylic acid groups (broad SMARTS) is 1. The number of thiazole rings is 1. The third-order valence-electron chi connectivity index (χ3n) is 6.95. The fourth-order valence-corrected chi connectivity index (χ4v) is 6.00. The molecule has 2 aliphatic carbocycles. The molecule has 0 bridgehead atoms. The molecule has 0 saturated heterocycles. The van der Waals surface area contributed by atoms with Gasteiger partial charge >= 0.3 is 5.97 Å². The lowest BCUT2D eigenvalue weighted by Gasteiger charge is -2.33. The lowest BCUT2D eigenvalue weighted by atomic mass is 9.79. The second-order valence-electron chi connectivity index (χ2n) is 9.71. The zero-order chi connectivity index (χ0) is 24.9. The number of nitrogens with one attached hydrogen (secondary N) is 1. The van der Waals surface area contributed by atoms with Crippen molar-refractivity contribution in [3.05, 3.63) is 87.7 Å². The number of aromatic carboxylic acids is 1. The molecule has 3 N–H and O–H groups in total. The van der Waals surface area contributed by atoms with Crippen LogP contribution >= 0.6 is 11.3 Å². The number of anilines is 2. The summed E-state index contributed by atoms with van der Waals surface area (Å²) in [6, 6.07) is 13.1. The largest absolute Gasteiger partial charge is 0.478 e. The molecule has 7 nitrogen and oxygen atoms in total. The van der Waals surface area contributed by atoms with Gasteiger partial charge in [-0.25, -0.2) is 19.7 Å². The van der Waals surface area contributed by atoms with Gasteiger partial charge in [0.2, 0.25) is 0 Å². The van der Waals surface area contributed by atoms with Crippen LogP contribution in [0.5, 0.6) is 0 Å². The first kappa shape index (κ1) is 22.8. The van der Waals surface area contributed by atoms with E-state index < -0.39 is 11.6 Å². The molecule has 0 amide bonds. The number of rotatable bonds is 6. The Morgan fingerprint density at radius 1 is 1.11 bits per heavy atom. The summed E-state index contributed by atoms with van der Waals surface area (Å²) in [5.41, 5.74) is 3.73. The minimum absolute atomic E-state index is 0.235. The highest BCUT2D eigenvalue weighted by Gasteiger charge is 2.39. The van der Waals surface area contributed by atoms with Gasteiger partial charge < -0.3 is 15.5 Å². The SMILES string of the molecule is Cc1cc(Nc2cc(C3CC3)ccn2)nc(-c2cnc([C@]3(O)CCCc4cc(C(=O)O)ccc43)s2)c1. The van der Waals surface area contributed by atoms with Crippen molar-refractivity contribution in [2.24, 2.45) is 0 Å². The van der Waals surface area contributed by atoms with Crippen LogP contribution in [0.3, 0.4) is 0 Å². The number of aliphatic hydroxyl groups is 1. The summed E-state index contributed by atoms with van der Waals surface area (Å²) < 4.78 is 0. The normalized spacial score (nSPS) is 19.1. The van der Waals surface area contributed by atoms with E-state index in [2.05, 4.69) is 27.4 Å². The van der Waals surface area contributed by atoms with Crippen molar-refractivity contribution in [3.8, 4) is 10.6 Å². The molecule has 1 fully saturated rings. The Labute approximate surface area is 212 Å². The third-order valence-corrected chi connectivity index (χ3v) is 8.12. The van der Waals surface area contributed by atoms with Crippen molar-refractivity contribution in [3.63, 3.8) is 0 Å². The summed E-state index contributed by atoms with van der Waals surface area (Å²) in [5, 5.41) is 25.0. The van der Waals surface area contributed by atoms with E-state index in [0.717, 1.165) is 45.9 Å². The highest BCUT2D eigenvalue weighted by molar-refractivity contribution is 7.15. The number of fused-ring (bicyclic) bond motifs is 1. The Morgan fingerprint density at radius 3 is 2.78 bits per heavy atom. The molecule has 2 aliphatic rings. The van der Waals surface area contributed by atoms with E-state index in [0.29, 0.717) is 23.2 Å². The topological polar surface area (TPSA) is 108 Å². The van der Waals surface area contributed by atoms with Crippen LogP contribution in [0, 0.1) is 6.92 Å². The standard InChI is InChI=1S/C28H26N4O3S/c1-16-11-22(31-25(12-16)32-24-14-18(8-10-29-24)17-4-5-17)23-15-30-27(36-23)28(35)9-2-3-19-13-20(26(33)34)6-7-21(19)28/h6-8,10-15,17,35H,2-5,9H2,1H3,(H,33,34)(H,29,31,32)/t28-/m0/s1. The summed E-state index contributed by atoms with van der Waals surface area (Å²) in [5.74, 6) is 1.18. The van der Waals surface area contributed by atoms with Crippen LogP contribution in [0.25, 0.3) is 10.6 Å². The van der Waals surface area contributed by atoms with Crippen molar-refractivity contribution in [1.29, 1.82) is 0 Å². The maximum atomic E-state index is 11.7. The number of carboxylic acids is 1. The van der Waals surface area contributed by atoms with Gasteiger partial charge in [0.15, 0.2) is 0 Å². The number of hydrogen-bond donors (Lipinski definition) is 3. The molecule has 4 aromatic rings. The molecule has 8 heteroatoms. The highest BCUT2D eigenvalue weighted by Crippen LogP contribution is 2.44. The van der Waals surface area contributed by atoms with Crippen LogP contribution in [0.2, 0.25) is 0 Å². The molecule has 182 valence electrons. The minimum atomic E-state index is -1.24. The lowest BCUT2D eigenvalue weighted by molar-refractivity contribution is 0.0607. The zero-order valence-electron chi connectivity index (χ0n) is 19.9. The molecule has 0 aliphatic heterocycles. The van der Waals surface area contributed by atoms with Gasteiger partial charge in [-0.1, -0.05) is 6.07 Å². The van der Waals surface area contributed by atoms with Gasteiger partial charge in [0.05, 0.1) is 16.1 Å². The Balaban J connectivity index is 1.30. The summed E-state index contributed by atoms with van der Waals surface area (Å²) in [7, 11) is 0. The molecule has 0 radical (unpaired) electrons. The number of benzene rings is 1. The number of aromatic nitrogens is 3. The van der Waals surface area contributed by atoms with Gasteiger partial charge in [-0.2, -0.15) is 0 Å².